The van der Waals surface area contributed by atoms with Gasteiger partial charge in [-0.2, -0.15) is 11.8 Å². The van der Waals surface area contributed by atoms with Crippen LogP contribution in [0.2, 0.25) is 0 Å². The van der Waals surface area contributed by atoms with Crippen LogP contribution < -0.4 is 5.73 Å². The summed E-state index contributed by atoms with van der Waals surface area (Å²) in [5.41, 5.74) is 7.14. The van der Waals surface area contributed by atoms with Crippen molar-refractivity contribution in [2.24, 2.45) is 5.73 Å². The first-order valence-electron chi connectivity index (χ1n) is 6.76. The van der Waals surface area contributed by atoms with E-state index in [9.17, 15) is 4.79 Å². The average molecular weight is 280 g/mol. The van der Waals surface area contributed by atoms with E-state index >= 15 is 0 Å². The molecule has 1 rings (SSSR count). The van der Waals surface area contributed by atoms with E-state index in [1.165, 1.54) is 0 Å². The second-order valence-corrected chi connectivity index (χ2v) is 5.62. The molecule has 0 spiro atoms. The lowest BCUT2D eigenvalue weighted by Crippen LogP contribution is -2.44. The molecule has 0 aliphatic heterocycles. The van der Waals surface area contributed by atoms with Gasteiger partial charge in [0.1, 0.15) is 0 Å². The number of benzene rings is 1. The summed E-state index contributed by atoms with van der Waals surface area (Å²) in [5.74, 6) is 0.998. The molecule has 0 saturated carbocycles. The number of thioether (sulfide) groups is 1. The fraction of sp³-hybridized carbons (Fsp3) is 0.533. The van der Waals surface area contributed by atoms with Gasteiger partial charge in [-0.3, -0.25) is 4.79 Å². The van der Waals surface area contributed by atoms with E-state index in [2.05, 4.69) is 6.92 Å². The van der Waals surface area contributed by atoms with E-state index in [-0.39, 0.29) is 11.9 Å². The predicted octanol–water partition coefficient (Wildman–Crippen LogP) is 2.51. The Bertz CT molecular complexity index is 370. The van der Waals surface area contributed by atoms with Gasteiger partial charge in [-0.05, 0) is 30.4 Å². The summed E-state index contributed by atoms with van der Waals surface area (Å²) in [7, 11) is 0. The lowest BCUT2D eigenvalue weighted by Gasteiger charge is -2.25. The van der Waals surface area contributed by atoms with Crippen molar-refractivity contribution in [1.29, 1.82) is 0 Å². The van der Waals surface area contributed by atoms with Gasteiger partial charge in [-0.25, -0.2) is 0 Å². The highest BCUT2D eigenvalue weighted by Crippen LogP contribution is 2.09. The molecule has 0 heterocycles. The smallest absolute Gasteiger partial charge is 0.239 e. The molecule has 0 aliphatic rings. The molecule has 106 valence electrons. The predicted molar refractivity (Wildman–Crippen MR) is 83.1 cm³/mol. The van der Waals surface area contributed by atoms with Crippen molar-refractivity contribution in [3.8, 4) is 0 Å². The SMILES string of the molecule is CCCN(Cc1ccccc1)C(=O)[C@H](N)CCSC. The third-order valence-corrected chi connectivity index (χ3v) is 3.62. The molecule has 2 N–H and O–H groups in total. The zero-order chi connectivity index (χ0) is 14.1. The molecule has 0 saturated heterocycles. The molecule has 1 atom stereocenters. The average Bonchev–Trinajstić information content (AvgIpc) is 2.44. The number of nitrogens with zero attached hydrogens (tertiary/aromatic N) is 1. The minimum Gasteiger partial charge on any atom is -0.337 e. The Kier molecular flexibility index (Phi) is 7.60. The monoisotopic (exact) mass is 280 g/mol. The normalized spacial score (nSPS) is 12.2. The summed E-state index contributed by atoms with van der Waals surface area (Å²) in [4.78, 5) is 14.2. The summed E-state index contributed by atoms with van der Waals surface area (Å²) in [5, 5.41) is 0. The maximum absolute atomic E-state index is 12.3. The molecule has 3 nitrogen and oxygen atoms in total. The molecule has 0 aliphatic carbocycles. The minimum absolute atomic E-state index is 0.0692. The Morgan fingerprint density at radius 2 is 2.05 bits per heavy atom. The zero-order valence-corrected chi connectivity index (χ0v) is 12.7. The number of carbonyl (C=O) groups is 1. The topological polar surface area (TPSA) is 46.3 Å². The number of amides is 1. The van der Waals surface area contributed by atoms with Crippen LogP contribution in [0.3, 0.4) is 0 Å². The van der Waals surface area contributed by atoms with Gasteiger partial charge in [0.15, 0.2) is 0 Å². The van der Waals surface area contributed by atoms with E-state index in [4.69, 9.17) is 5.73 Å². The molecule has 1 amide bonds. The van der Waals surface area contributed by atoms with Gasteiger partial charge in [0.2, 0.25) is 5.91 Å². The first-order valence-corrected chi connectivity index (χ1v) is 8.15. The lowest BCUT2D eigenvalue weighted by atomic mass is 10.1. The van der Waals surface area contributed by atoms with Gasteiger partial charge in [0.25, 0.3) is 0 Å². The van der Waals surface area contributed by atoms with Gasteiger partial charge < -0.3 is 10.6 Å². The van der Waals surface area contributed by atoms with Crippen LogP contribution in [0.5, 0.6) is 0 Å². The Hall–Kier alpha value is -1.00. The molecular weight excluding hydrogens is 256 g/mol. The van der Waals surface area contributed by atoms with Crippen LogP contribution in [-0.2, 0) is 11.3 Å². The van der Waals surface area contributed by atoms with Crippen LogP contribution in [0.15, 0.2) is 30.3 Å². The maximum atomic E-state index is 12.3. The standard InChI is InChI=1S/C15H24N2OS/c1-3-10-17(12-13-7-5-4-6-8-13)15(18)14(16)9-11-19-2/h4-8,14H,3,9-12,16H2,1-2H3/t14-/m1/s1. The fourth-order valence-electron chi connectivity index (χ4n) is 1.94. The Balaban J connectivity index is 2.63. The number of nitrogens with two attached hydrogens (primary N) is 1. The van der Waals surface area contributed by atoms with Gasteiger partial charge in [0, 0.05) is 13.1 Å². The van der Waals surface area contributed by atoms with Crippen molar-refractivity contribution in [3.63, 3.8) is 0 Å². The van der Waals surface area contributed by atoms with E-state index in [0.29, 0.717) is 6.54 Å². The van der Waals surface area contributed by atoms with Crippen LogP contribution in [0.1, 0.15) is 25.3 Å². The van der Waals surface area contributed by atoms with Crippen molar-refractivity contribution >= 4 is 17.7 Å². The Morgan fingerprint density at radius 3 is 2.63 bits per heavy atom. The van der Waals surface area contributed by atoms with Crippen molar-refractivity contribution in [2.75, 3.05) is 18.6 Å². The summed E-state index contributed by atoms with van der Waals surface area (Å²) in [6.07, 6.45) is 3.73. The summed E-state index contributed by atoms with van der Waals surface area (Å²) in [6, 6.07) is 9.70. The minimum atomic E-state index is -0.372. The van der Waals surface area contributed by atoms with E-state index < -0.39 is 0 Å². The molecule has 4 heteroatoms. The largest absolute Gasteiger partial charge is 0.337 e. The second kappa shape index (κ2) is 8.99. The Labute approximate surface area is 120 Å². The van der Waals surface area contributed by atoms with Gasteiger partial charge in [0.05, 0.1) is 6.04 Å². The summed E-state index contributed by atoms with van der Waals surface area (Å²) in [6.45, 7) is 3.50. The fourth-order valence-corrected chi connectivity index (χ4v) is 2.43. The van der Waals surface area contributed by atoms with Crippen LogP contribution >= 0.6 is 11.8 Å². The number of carbonyl (C=O) groups excluding carboxylic acids is 1. The third kappa shape index (κ3) is 5.66. The van der Waals surface area contributed by atoms with Gasteiger partial charge >= 0.3 is 0 Å². The van der Waals surface area contributed by atoms with E-state index in [1.54, 1.807) is 11.8 Å². The molecule has 19 heavy (non-hydrogen) atoms. The first kappa shape index (κ1) is 16.1. The van der Waals surface area contributed by atoms with Crippen molar-refractivity contribution < 1.29 is 4.79 Å². The van der Waals surface area contributed by atoms with Crippen molar-refractivity contribution in [3.05, 3.63) is 35.9 Å². The van der Waals surface area contributed by atoms with Crippen LogP contribution in [-0.4, -0.2) is 35.4 Å². The number of rotatable bonds is 8. The lowest BCUT2D eigenvalue weighted by molar-refractivity contribution is -0.133. The molecule has 1 aromatic carbocycles. The highest BCUT2D eigenvalue weighted by molar-refractivity contribution is 7.98. The third-order valence-electron chi connectivity index (χ3n) is 2.97. The van der Waals surface area contributed by atoms with Crippen LogP contribution in [0.25, 0.3) is 0 Å². The highest BCUT2D eigenvalue weighted by Gasteiger charge is 2.20. The molecule has 0 fully saturated rings. The molecule has 0 bridgehead atoms. The second-order valence-electron chi connectivity index (χ2n) is 4.63. The molecule has 1 aromatic rings. The highest BCUT2D eigenvalue weighted by atomic mass is 32.2. The quantitative estimate of drug-likeness (QED) is 0.796. The molecule has 0 radical (unpaired) electrons. The Morgan fingerprint density at radius 1 is 1.37 bits per heavy atom. The maximum Gasteiger partial charge on any atom is 0.239 e. The van der Waals surface area contributed by atoms with Gasteiger partial charge in [-0.15, -0.1) is 0 Å². The summed E-state index contributed by atoms with van der Waals surface area (Å²) >= 11 is 1.73. The first-order chi connectivity index (χ1) is 9.19. The zero-order valence-electron chi connectivity index (χ0n) is 11.8. The van der Waals surface area contributed by atoms with E-state index in [0.717, 1.165) is 30.7 Å². The van der Waals surface area contributed by atoms with Gasteiger partial charge in [-0.1, -0.05) is 37.3 Å². The molecular formula is C15H24N2OS. The van der Waals surface area contributed by atoms with Crippen LogP contribution in [0.4, 0.5) is 0 Å². The van der Waals surface area contributed by atoms with Crippen molar-refractivity contribution in [1.82, 2.24) is 4.90 Å². The van der Waals surface area contributed by atoms with Crippen LogP contribution in [0, 0.1) is 0 Å². The van der Waals surface area contributed by atoms with Crippen molar-refractivity contribution in [2.45, 2.75) is 32.4 Å². The van der Waals surface area contributed by atoms with E-state index in [1.807, 2.05) is 41.5 Å². The molecule has 0 aromatic heterocycles. The molecule has 0 unspecified atom stereocenters. The number of hydrogen-bond acceptors (Lipinski definition) is 3. The summed E-state index contributed by atoms with van der Waals surface area (Å²) < 4.78 is 0. The number of hydrogen-bond donors (Lipinski definition) is 1.